The first kappa shape index (κ1) is 40.7. The van der Waals surface area contributed by atoms with Crippen molar-refractivity contribution in [1.82, 2.24) is 0 Å². The maximum atomic E-state index is 6.08. The van der Waals surface area contributed by atoms with E-state index in [-0.39, 0.29) is 0 Å². The molecule has 6 aromatic rings. The second-order valence-electron chi connectivity index (χ2n) is 14.1. The molecule has 6 rings (SSSR count). The van der Waals surface area contributed by atoms with Crippen molar-refractivity contribution in [2.75, 3.05) is 29.6 Å². The maximum Gasteiger partial charge on any atom is 0.500 e. The first-order valence-electron chi connectivity index (χ1n) is 20.6. The lowest BCUT2D eigenvalue weighted by Gasteiger charge is -2.28. The van der Waals surface area contributed by atoms with Gasteiger partial charge < -0.3 is 23.1 Å². The molecule has 0 aliphatic rings. The van der Waals surface area contributed by atoms with Crippen molar-refractivity contribution in [3.8, 4) is 11.1 Å². The van der Waals surface area contributed by atoms with Gasteiger partial charge in [0.15, 0.2) is 0 Å². The van der Waals surface area contributed by atoms with Crippen LogP contribution < -0.4 is 9.80 Å². The van der Waals surface area contributed by atoms with Crippen LogP contribution in [0.15, 0.2) is 158 Å². The molecule has 0 unspecified atom stereocenters. The minimum absolute atomic E-state index is 0.603. The van der Waals surface area contributed by atoms with Gasteiger partial charge in [-0.25, -0.2) is 0 Å². The summed E-state index contributed by atoms with van der Waals surface area (Å²) in [5.74, 6) is 0. The smallest absolute Gasteiger partial charge is 0.374 e. The second kappa shape index (κ2) is 20.8. The zero-order chi connectivity index (χ0) is 39.0. The second-order valence-corrected chi connectivity index (χ2v) is 16.8. The van der Waals surface area contributed by atoms with E-state index in [1.165, 1.54) is 41.5 Å². The summed E-state index contributed by atoms with van der Waals surface area (Å²) in [5.41, 5.74) is 11.8. The van der Waals surface area contributed by atoms with Gasteiger partial charge >= 0.3 is 8.80 Å². The SMILES string of the molecule is CCCCCc1ccc(N(c2ccccc2)c2ccc(-c3ccc(N(c4ccccc4)c4ccc(CCC[Si](OCC)(OCC)OCC)cc4)cc3)cc2)cc1. The Labute approximate surface area is 336 Å². The summed E-state index contributed by atoms with van der Waals surface area (Å²) in [6.45, 7) is 10.1. The van der Waals surface area contributed by atoms with E-state index >= 15 is 0 Å². The molecular weight excluding hydrogens is 705 g/mol. The molecule has 0 aromatic heterocycles. The van der Waals surface area contributed by atoms with Gasteiger partial charge in [-0.2, -0.15) is 0 Å². The molecule has 0 bridgehead atoms. The largest absolute Gasteiger partial charge is 0.500 e. The highest BCUT2D eigenvalue weighted by atomic mass is 28.4. The summed E-state index contributed by atoms with van der Waals surface area (Å²) in [5, 5.41) is 0. The lowest BCUT2D eigenvalue weighted by Crippen LogP contribution is -2.46. The van der Waals surface area contributed by atoms with Crippen molar-refractivity contribution in [2.24, 2.45) is 0 Å². The minimum Gasteiger partial charge on any atom is -0.374 e. The highest BCUT2D eigenvalue weighted by molar-refractivity contribution is 6.60. The number of hydrogen-bond acceptors (Lipinski definition) is 5. The fraction of sp³-hybridized carbons (Fsp3) is 0.280. The molecule has 0 heterocycles. The van der Waals surface area contributed by atoms with Crippen LogP contribution in [0.5, 0.6) is 0 Å². The quantitative estimate of drug-likeness (QED) is 0.0539. The fourth-order valence-corrected chi connectivity index (χ4v) is 9.98. The van der Waals surface area contributed by atoms with Crippen LogP contribution in [-0.2, 0) is 26.1 Å². The van der Waals surface area contributed by atoms with E-state index in [4.69, 9.17) is 13.3 Å². The van der Waals surface area contributed by atoms with Crippen molar-refractivity contribution < 1.29 is 13.3 Å². The van der Waals surface area contributed by atoms with Crippen molar-refractivity contribution in [1.29, 1.82) is 0 Å². The summed E-state index contributed by atoms with van der Waals surface area (Å²) >= 11 is 0. The molecule has 0 radical (unpaired) electrons. The van der Waals surface area contributed by atoms with Crippen molar-refractivity contribution in [2.45, 2.75) is 72.3 Å². The van der Waals surface area contributed by atoms with Gasteiger partial charge in [0, 0.05) is 60.0 Å². The van der Waals surface area contributed by atoms with E-state index in [1.807, 2.05) is 20.8 Å². The molecule has 6 aromatic carbocycles. The molecule has 0 atom stereocenters. The molecule has 0 saturated heterocycles. The van der Waals surface area contributed by atoms with E-state index in [0.29, 0.717) is 19.8 Å². The number of nitrogens with zero attached hydrogens (tertiary/aromatic N) is 2. The molecular formula is C50H58N2O3Si. The van der Waals surface area contributed by atoms with E-state index in [1.54, 1.807) is 0 Å². The Morgan fingerprint density at radius 3 is 1.07 bits per heavy atom. The lowest BCUT2D eigenvalue weighted by atomic mass is 10.0. The number of rotatable bonds is 21. The number of benzene rings is 6. The maximum absolute atomic E-state index is 6.08. The van der Waals surface area contributed by atoms with Crippen LogP contribution in [0.2, 0.25) is 6.04 Å². The molecule has 5 nitrogen and oxygen atoms in total. The monoisotopic (exact) mass is 762 g/mol. The molecule has 6 heteroatoms. The van der Waals surface area contributed by atoms with Crippen molar-refractivity contribution in [3.63, 3.8) is 0 Å². The molecule has 0 N–H and O–H groups in total. The molecule has 0 saturated carbocycles. The minimum atomic E-state index is -2.65. The third-order valence-electron chi connectivity index (χ3n) is 10.1. The van der Waals surface area contributed by atoms with Gasteiger partial charge in [-0.3, -0.25) is 0 Å². The zero-order valence-electron chi connectivity index (χ0n) is 33.7. The summed E-state index contributed by atoms with van der Waals surface area (Å²) in [6.07, 6.45) is 6.78. The molecule has 0 fully saturated rings. The lowest BCUT2D eigenvalue weighted by molar-refractivity contribution is 0.0708. The van der Waals surface area contributed by atoms with E-state index < -0.39 is 8.80 Å². The number of para-hydroxylation sites is 2. The Morgan fingerprint density at radius 1 is 0.375 bits per heavy atom. The molecule has 56 heavy (non-hydrogen) atoms. The van der Waals surface area contributed by atoms with Crippen LogP contribution in [0.4, 0.5) is 34.1 Å². The first-order chi connectivity index (χ1) is 27.6. The van der Waals surface area contributed by atoms with Crippen LogP contribution in [0.25, 0.3) is 11.1 Å². The number of hydrogen-bond donors (Lipinski definition) is 0. The van der Waals surface area contributed by atoms with Gasteiger partial charge in [0.2, 0.25) is 0 Å². The number of anilines is 6. The summed E-state index contributed by atoms with van der Waals surface area (Å²) < 4.78 is 18.2. The van der Waals surface area contributed by atoms with Gasteiger partial charge in [-0.05, 0) is 142 Å². The van der Waals surface area contributed by atoms with Crippen molar-refractivity contribution in [3.05, 3.63) is 169 Å². The Hall–Kier alpha value is -4.98. The van der Waals surface area contributed by atoms with Crippen LogP contribution in [0.1, 0.15) is 64.5 Å². The molecule has 0 aliphatic heterocycles. The van der Waals surface area contributed by atoms with Gasteiger partial charge in [-0.15, -0.1) is 0 Å². The van der Waals surface area contributed by atoms with Crippen LogP contribution in [0.3, 0.4) is 0 Å². The summed E-state index contributed by atoms with van der Waals surface area (Å²) in [6, 6.07) is 57.9. The topological polar surface area (TPSA) is 34.2 Å². The van der Waals surface area contributed by atoms with Gasteiger partial charge in [0.05, 0.1) is 0 Å². The Kier molecular flexibility index (Phi) is 15.1. The molecule has 0 aliphatic carbocycles. The molecule has 290 valence electrons. The van der Waals surface area contributed by atoms with Crippen LogP contribution >= 0.6 is 0 Å². The standard InChI is InChI=1S/C50H58N2O3Si/c1-5-9-12-18-41-24-32-47(33-25-41)51(45-20-13-10-14-21-45)49-36-28-43(29-37-49)44-30-38-50(39-31-44)52(46-22-15-11-16-23-46)48-34-26-42(27-35-48)19-17-40-56(53-6-2,54-7-3)55-8-4/h10-11,13-16,20-39H,5-9,12,17-19,40H2,1-4H3. The predicted octanol–water partition coefficient (Wildman–Crippen LogP) is 14.0. The third-order valence-corrected chi connectivity index (χ3v) is 13.3. The first-order valence-corrected chi connectivity index (χ1v) is 22.5. The van der Waals surface area contributed by atoms with E-state index in [0.717, 1.165) is 59.4 Å². The van der Waals surface area contributed by atoms with E-state index in [9.17, 15) is 0 Å². The fourth-order valence-electron chi connectivity index (χ4n) is 7.37. The van der Waals surface area contributed by atoms with Crippen LogP contribution in [-0.4, -0.2) is 28.6 Å². The molecule has 0 amide bonds. The number of unbranched alkanes of at least 4 members (excludes halogenated alkanes) is 2. The van der Waals surface area contributed by atoms with Crippen LogP contribution in [0, 0.1) is 0 Å². The number of aryl methyl sites for hydroxylation is 2. The molecule has 0 spiro atoms. The summed E-state index contributed by atoms with van der Waals surface area (Å²) in [4.78, 5) is 4.66. The zero-order valence-corrected chi connectivity index (χ0v) is 34.7. The Morgan fingerprint density at radius 2 is 0.714 bits per heavy atom. The van der Waals surface area contributed by atoms with Gasteiger partial charge in [0.25, 0.3) is 0 Å². The van der Waals surface area contributed by atoms with Gasteiger partial charge in [-0.1, -0.05) is 105 Å². The average Bonchev–Trinajstić information content (AvgIpc) is 3.24. The highest BCUT2D eigenvalue weighted by Gasteiger charge is 2.39. The normalized spacial score (nSPS) is 11.4. The Balaban J connectivity index is 1.19. The average molecular weight is 763 g/mol. The third kappa shape index (κ3) is 10.6. The highest BCUT2D eigenvalue weighted by Crippen LogP contribution is 2.38. The van der Waals surface area contributed by atoms with E-state index in [2.05, 4.69) is 174 Å². The summed E-state index contributed by atoms with van der Waals surface area (Å²) in [7, 11) is -2.65. The Bertz CT molecular complexity index is 1990. The van der Waals surface area contributed by atoms with Crippen molar-refractivity contribution >= 4 is 42.9 Å². The predicted molar refractivity (Wildman–Crippen MR) is 238 cm³/mol. The van der Waals surface area contributed by atoms with Gasteiger partial charge in [0.1, 0.15) is 0 Å².